The molecule has 9 heteroatoms. The van der Waals surface area contributed by atoms with E-state index in [-0.39, 0.29) is 23.2 Å². The molecular weight excluding hydrogens is 463 g/mol. The minimum Gasteiger partial charge on any atom is -0.506 e. The van der Waals surface area contributed by atoms with Crippen molar-refractivity contribution in [2.45, 2.75) is 38.3 Å². The summed E-state index contributed by atoms with van der Waals surface area (Å²) in [6.45, 7) is 3.68. The molecule has 3 aliphatic rings. The Kier molecular flexibility index (Phi) is 5.76. The van der Waals surface area contributed by atoms with Crippen molar-refractivity contribution in [3.8, 4) is 16.9 Å². The molecule has 2 saturated carbocycles. The van der Waals surface area contributed by atoms with Crippen LogP contribution in [0.15, 0.2) is 41.3 Å². The van der Waals surface area contributed by atoms with Crippen molar-refractivity contribution >= 4 is 16.9 Å². The zero-order valence-electron chi connectivity index (χ0n) is 20.0. The first-order valence-electron chi connectivity index (χ1n) is 12.6. The largest absolute Gasteiger partial charge is 0.506 e. The lowest BCUT2D eigenvalue weighted by Crippen LogP contribution is -2.47. The number of hydrogen-bond acceptors (Lipinski definition) is 6. The smallest absolute Gasteiger partial charge is 0.268 e. The molecule has 3 heterocycles. The summed E-state index contributed by atoms with van der Waals surface area (Å²) in [5, 5.41) is 14.6. The lowest BCUT2D eigenvalue weighted by Gasteiger charge is -2.36. The van der Waals surface area contributed by atoms with Gasteiger partial charge in [-0.3, -0.25) is 19.1 Å². The molecule has 2 N–H and O–H groups in total. The Morgan fingerprint density at radius 1 is 1.14 bits per heavy atom. The molecular formula is C27H29FN4O4. The van der Waals surface area contributed by atoms with Crippen molar-refractivity contribution in [1.82, 2.24) is 19.8 Å². The third-order valence-corrected chi connectivity index (χ3v) is 7.90. The number of nitrogens with zero attached hydrogens (tertiary/aromatic N) is 3. The van der Waals surface area contributed by atoms with Crippen LogP contribution < -0.4 is 10.9 Å². The number of amides is 1. The fourth-order valence-corrected chi connectivity index (χ4v) is 5.62. The number of carbonyl (C=O) groups excluding carboxylic acids is 1. The quantitative estimate of drug-likeness (QED) is 0.549. The zero-order chi connectivity index (χ0) is 24.9. The highest BCUT2D eigenvalue weighted by Gasteiger charge is 2.53. The molecule has 8 nitrogen and oxygen atoms in total. The topological polar surface area (TPSA) is 96.7 Å². The van der Waals surface area contributed by atoms with E-state index in [0.717, 1.165) is 25.9 Å². The van der Waals surface area contributed by atoms with Crippen LogP contribution in [0.2, 0.25) is 0 Å². The zero-order valence-corrected chi connectivity index (χ0v) is 20.0. The molecule has 1 saturated heterocycles. The number of ether oxygens (including phenoxy) is 1. The summed E-state index contributed by atoms with van der Waals surface area (Å²) in [5.74, 6) is -1.32. The van der Waals surface area contributed by atoms with Gasteiger partial charge in [0.05, 0.1) is 18.6 Å². The highest BCUT2D eigenvalue weighted by Crippen LogP contribution is 2.60. The van der Waals surface area contributed by atoms with E-state index in [0.29, 0.717) is 53.9 Å². The third kappa shape index (κ3) is 4.16. The van der Waals surface area contributed by atoms with Crippen molar-refractivity contribution in [1.29, 1.82) is 0 Å². The molecule has 188 valence electrons. The van der Waals surface area contributed by atoms with E-state index in [1.165, 1.54) is 29.5 Å². The second kappa shape index (κ2) is 8.97. The predicted molar refractivity (Wildman–Crippen MR) is 132 cm³/mol. The van der Waals surface area contributed by atoms with Crippen molar-refractivity contribution in [2.75, 3.05) is 32.8 Å². The first-order chi connectivity index (χ1) is 17.4. The summed E-state index contributed by atoms with van der Waals surface area (Å²) >= 11 is 0. The molecule has 1 amide bonds. The Hall–Kier alpha value is -3.30. The van der Waals surface area contributed by atoms with Gasteiger partial charge in [0.25, 0.3) is 11.5 Å². The molecule has 6 rings (SSSR count). The number of pyridine rings is 2. The SMILES string of the molecule is O=C(NC1CC2(CC2)C1)c1c(O)c2c(-c3ccc(F)cc3)ccnc2n(CCN2CCOCC2)c1=O. The summed E-state index contributed by atoms with van der Waals surface area (Å²) < 4.78 is 20.5. The van der Waals surface area contributed by atoms with Gasteiger partial charge in [-0.2, -0.15) is 0 Å². The summed E-state index contributed by atoms with van der Waals surface area (Å²) in [5.41, 5.74) is 1.09. The van der Waals surface area contributed by atoms with E-state index in [2.05, 4.69) is 15.2 Å². The average Bonchev–Trinajstić information content (AvgIpc) is 3.66. The van der Waals surface area contributed by atoms with Gasteiger partial charge in [-0.1, -0.05) is 12.1 Å². The van der Waals surface area contributed by atoms with Gasteiger partial charge in [0.15, 0.2) is 0 Å². The van der Waals surface area contributed by atoms with Gasteiger partial charge in [0, 0.05) is 38.4 Å². The molecule has 1 aliphatic heterocycles. The first-order valence-corrected chi connectivity index (χ1v) is 12.6. The average molecular weight is 493 g/mol. The minimum atomic E-state index is -0.561. The molecule has 3 fully saturated rings. The third-order valence-electron chi connectivity index (χ3n) is 7.90. The number of benzene rings is 1. The Bertz CT molecular complexity index is 1370. The highest BCUT2D eigenvalue weighted by atomic mass is 19.1. The molecule has 0 radical (unpaired) electrons. The normalized spacial score (nSPS) is 19.4. The summed E-state index contributed by atoms with van der Waals surface area (Å²) in [4.78, 5) is 33.6. The Morgan fingerprint density at radius 3 is 2.56 bits per heavy atom. The molecule has 0 unspecified atom stereocenters. The van der Waals surface area contributed by atoms with Crippen LogP contribution in [0.25, 0.3) is 22.2 Å². The van der Waals surface area contributed by atoms with E-state index < -0.39 is 11.5 Å². The van der Waals surface area contributed by atoms with E-state index in [1.807, 2.05) is 0 Å². The number of hydrogen-bond donors (Lipinski definition) is 2. The fourth-order valence-electron chi connectivity index (χ4n) is 5.62. The second-order valence-corrected chi connectivity index (χ2v) is 10.3. The van der Waals surface area contributed by atoms with Gasteiger partial charge in [0.2, 0.25) is 0 Å². The molecule has 36 heavy (non-hydrogen) atoms. The number of morpholine rings is 1. The lowest BCUT2D eigenvalue weighted by molar-refractivity contribution is 0.0364. The van der Waals surface area contributed by atoms with Crippen molar-refractivity contribution in [3.05, 3.63) is 58.3 Å². The number of rotatable bonds is 6. The summed E-state index contributed by atoms with van der Waals surface area (Å²) in [6.07, 6.45) is 5.79. The lowest BCUT2D eigenvalue weighted by atomic mass is 9.77. The summed E-state index contributed by atoms with van der Waals surface area (Å²) in [6, 6.07) is 7.61. The van der Waals surface area contributed by atoms with Crippen molar-refractivity contribution in [3.63, 3.8) is 0 Å². The number of carbonyl (C=O) groups is 1. The monoisotopic (exact) mass is 492 g/mol. The van der Waals surface area contributed by atoms with E-state index in [4.69, 9.17) is 4.74 Å². The van der Waals surface area contributed by atoms with Gasteiger partial charge in [-0.05, 0) is 60.4 Å². The van der Waals surface area contributed by atoms with Gasteiger partial charge >= 0.3 is 0 Å². The molecule has 2 aliphatic carbocycles. The standard InChI is InChI=1S/C27H29FN4O4/c28-18-3-1-17(2-4-18)20-5-8-29-24-21(20)23(33)22(25(34)30-19-15-27(16-19)6-7-27)26(35)32(24)10-9-31-11-13-36-14-12-31/h1-5,8,19,33H,6-7,9-16H2,(H,30,34). The van der Waals surface area contributed by atoms with Crippen LogP contribution in [0.1, 0.15) is 36.0 Å². The number of aromatic hydroxyl groups is 1. The number of nitrogens with one attached hydrogen (secondary N) is 1. The van der Waals surface area contributed by atoms with Crippen LogP contribution in [-0.4, -0.2) is 64.4 Å². The molecule has 1 aromatic carbocycles. The number of aromatic nitrogens is 2. The number of fused-ring (bicyclic) bond motifs is 1. The maximum absolute atomic E-state index is 13.6. The Balaban J connectivity index is 1.44. The van der Waals surface area contributed by atoms with Crippen LogP contribution >= 0.6 is 0 Å². The highest BCUT2D eigenvalue weighted by molar-refractivity contribution is 6.06. The molecule has 1 spiro atoms. The Labute approximate surface area is 207 Å². The van der Waals surface area contributed by atoms with E-state index >= 15 is 0 Å². The van der Waals surface area contributed by atoms with Crippen LogP contribution in [-0.2, 0) is 11.3 Å². The maximum atomic E-state index is 13.6. The van der Waals surface area contributed by atoms with E-state index in [1.54, 1.807) is 24.4 Å². The molecule has 3 aromatic rings. The minimum absolute atomic E-state index is 0.0155. The fraction of sp³-hybridized carbons (Fsp3) is 0.444. The summed E-state index contributed by atoms with van der Waals surface area (Å²) in [7, 11) is 0. The first kappa shape index (κ1) is 23.1. The van der Waals surface area contributed by atoms with Gasteiger partial charge in [-0.25, -0.2) is 9.37 Å². The van der Waals surface area contributed by atoms with Gasteiger partial charge in [0.1, 0.15) is 22.8 Å². The second-order valence-electron chi connectivity index (χ2n) is 10.3. The molecule has 2 aromatic heterocycles. The van der Waals surface area contributed by atoms with Crippen LogP contribution in [0.3, 0.4) is 0 Å². The van der Waals surface area contributed by atoms with Crippen molar-refractivity contribution < 1.29 is 19.0 Å². The van der Waals surface area contributed by atoms with Crippen LogP contribution in [0.4, 0.5) is 4.39 Å². The predicted octanol–water partition coefficient (Wildman–Crippen LogP) is 2.91. The Morgan fingerprint density at radius 2 is 1.86 bits per heavy atom. The molecule has 0 atom stereocenters. The van der Waals surface area contributed by atoms with Gasteiger partial charge < -0.3 is 15.2 Å². The number of halogens is 1. The van der Waals surface area contributed by atoms with E-state index in [9.17, 15) is 19.1 Å². The van der Waals surface area contributed by atoms with Gasteiger partial charge in [-0.15, -0.1) is 0 Å². The maximum Gasteiger partial charge on any atom is 0.268 e. The van der Waals surface area contributed by atoms with Crippen molar-refractivity contribution in [2.24, 2.45) is 5.41 Å². The van der Waals surface area contributed by atoms with Crippen LogP contribution in [0, 0.1) is 11.2 Å². The van der Waals surface area contributed by atoms with Crippen LogP contribution in [0.5, 0.6) is 5.75 Å². The molecule has 0 bridgehead atoms.